The summed E-state index contributed by atoms with van der Waals surface area (Å²) in [6.45, 7) is 8.29. The maximum absolute atomic E-state index is 5.20. The van der Waals surface area contributed by atoms with E-state index in [1.54, 1.807) is 7.11 Å². The quantitative estimate of drug-likeness (QED) is 0.426. The van der Waals surface area contributed by atoms with Gasteiger partial charge in [-0.25, -0.2) is 9.98 Å². The lowest BCUT2D eigenvalue weighted by molar-refractivity contribution is 0.415. The lowest BCUT2D eigenvalue weighted by Crippen LogP contribution is -2.38. The molecule has 0 fully saturated rings. The standard InChI is InChI=1S/C22H32N8O/c1-7-23-22(29(4)13-17-14-30(5)28-20(17)15(2)3)24-12-19-25-21(27-26-19)16-8-10-18(31-6)11-9-16/h8-11,14-15H,7,12-13H2,1-6H3,(H,23,24)(H,25,26,27). The van der Waals surface area contributed by atoms with Gasteiger partial charge in [-0.2, -0.15) is 10.2 Å². The summed E-state index contributed by atoms with van der Waals surface area (Å²) in [5.74, 6) is 3.33. The van der Waals surface area contributed by atoms with Crippen LogP contribution < -0.4 is 10.1 Å². The molecule has 0 amide bonds. The van der Waals surface area contributed by atoms with Crippen LogP contribution in [0.2, 0.25) is 0 Å². The number of aryl methyl sites for hydroxylation is 1. The number of guanidine groups is 1. The maximum Gasteiger partial charge on any atom is 0.194 e. The molecular weight excluding hydrogens is 392 g/mol. The molecular formula is C22H32N8O. The second kappa shape index (κ2) is 10.1. The highest BCUT2D eigenvalue weighted by molar-refractivity contribution is 5.79. The summed E-state index contributed by atoms with van der Waals surface area (Å²) >= 11 is 0. The van der Waals surface area contributed by atoms with E-state index in [1.165, 1.54) is 5.56 Å². The molecule has 0 bridgehead atoms. The molecule has 0 saturated heterocycles. The molecule has 3 aromatic rings. The Labute approximate surface area is 183 Å². The van der Waals surface area contributed by atoms with E-state index < -0.39 is 0 Å². The summed E-state index contributed by atoms with van der Waals surface area (Å²) in [6.07, 6.45) is 2.08. The normalized spacial score (nSPS) is 11.8. The van der Waals surface area contributed by atoms with Gasteiger partial charge in [0, 0.05) is 44.5 Å². The van der Waals surface area contributed by atoms with Crippen LogP contribution in [0.4, 0.5) is 0 Å². The fourth-order valence-corrected chi connectivity index (χ4v) is 3.35. The maximum atomic E-state index is 5.20. The monoisotopic (exact) mass is 424 g/mol. The molecule has 9 heteroatoms. The third kappa shape index (κ3) is 5.62. The van der Waals surface area contributed by atoms with Crippen molar-refractivity contribution >= 4 is 5.96 Å². The van der Waals surface area contributed by atoms with E-state index in [1.807, 2.05) is 43.0 Å². The van der Waals surface area contributed by atoms with Crippen LogP contribution in [0.25, 0.3) is 11.4 Å². The minimum absolute atomic E-state index is 0.370. The van der Waals surface area contributed by atoms with Gasteiger partial charge in [-0.15, -0.1) is 0 Å². The molecule has 0 radical (unpaired) electrons. The van der Waals surface area contributed by atoms with E-state index in [9.17, 15) is 0 Å². The first-order chi connectivity index (χ1) is 14.9. The van der Waals surface area contributed by atoms with Gasteiger partial charge in [0.25, 0.3) is 0 Å². The number of nitrogens with zero attached hydrogens (tertiary/aromatic N) is 6. The van der Waals surface area contributed by atoms with E-state index >= 15 is 0 Å². The molecule has 1 aromatic carbocycles. The number of methoxy groups -OCH3 is 1. The predicted molar refractivity (Wildman–Crippen MR) is 122 cm³/mol. The number of ether oxygens (including phenoxy) is 1. The Kier molecular flexibility index (Phi) is 7.28. The largest absolute Gasteiger partial charge is 0.497 e. The van der Waals surface area contributed by atoms with E-state index in [2.05, 4.69) is 57.5 Å². The van der Waals surface area contributed by atoms with Crippen molar-refractivity contribution in [2.45, 2.75) is 39.8 Å². The van der Waals surface area contributed by atoms with Crippen LogP contribution in [0.5, 0.6) is 5.75 Å². The van der Waals surface area contributed by atoms with Crippen LogP contribution in [0, 0.1) is 0 Å². The number of nitrogens with one attached hydrogen (secondary N) is 2. The lowest BCUT2D eigenvalue weighted by atomic mass is 10.1. The van der Waals surface area contributed by atoms with Crippen LogP contribution in [0.1, 0.15) is 43.8 Å². The molecule has 0 unspecified atom stereocenters. The van der Waals surface area contributed by atoms with E-state index in [0.717, 1.165) is 36.1 Å². The summed E-state index contributed by atoms with van der Waals surface area (Å²) in [5, 5.41) is 15.3. The minimum Gasteiger partial charge on any atom is -0.497 e. The van der Waals surface area contributed by atoms with Crippen molar-refractivity contribution in [1.29, 1.82) is 0 Å². The zero-order chi connectivity index (χ0) is 22.4. The van der Waals surface area contributed by atoms with E-state index in [-0.39, 0.29) is 0 Å². The van der Waals surface area contributed by atoms with Crippen LogP contribution in [0.15, 0.2) is 35.5 Å². The molecule has 0 aliphatic rings. The number of hydrogen-bond donors (Lipinski definition) is 2. The molecule has 0 spiro atoms. The summed E-state index contributed by atoms with van der Waals surface area (Å²) < 4.78 is 7.07. The first-order valence-electron chi connectivity index (χ1n) is 10.5. The molecule has 2 aromatic heterocycles. The van der Waals surface area contributed by atoms with Gasteiger partial charge in [-0.1, -0.05) is 13.8 Å². The minimum atomic E-state index is 0.370. The molecule has 0 aliphatic carbocycles. The molecule has 0 atom stereocenters. The summed E-state index contributed by atoms with van der Waals surface area (Å²) in [6, 6.07) is 7.66. The highest BCUT2D eigenvalue weighted by Gasteiger charge is 2.15. The van der Waals surface area contributed by atoms with Crippen molar-refractivity contribution in [3.05, 3.63) is 47.5 Å². The smallest absolute Gasteiger partial charge is 0.194 e. The Morgan fingerprint density at radius 2 is 2.03 bits per heavy atom. The fraction of sp³-hybridized carbons (Fsp3) is 0.455. The third-order valence-corrected chi connectivity index (χ3v) is 4.85. The number of rotatable bonds is 8. The topological polar surface area (TPSA) is 96.2 Å². The van der Waals surface area contributed by atoms with Gasteiger partial charge in [0.2, 0.25) is 0 Å². The van der Waals surface area contributed by atoms with Gasteiger partial charge in [-0.3, -0.25) is 9.78 Å². The number of aliphatic imine (C=N–C) groups is 1. The van der Waals surface area contributed by atoms with Gasteiger partial charge in [0.1, 0.15) is 18.1 Å². The highest BCUT2D eigenvalue weighted by Crippen LogP contribution is 2.20. The zero-order valence-corrected chi connectivity index (χ0v) is 19.2. The first kappa shape index (κ1) is 22.3. The fourth-order valence-electron chi connectivity index (χ4n) is 3.35. The predicted octanol–water partition coefficient (Wildman–Crippen LogP) is 2.93. The molecule has 9 nitrogen and oxygen atoms in total. The van der Waals surface area contributed by atoms with Gasteiger partial charge in [-0.05, 0) is 37.1 Å². The van der Waals surface area contributed by atoms with Crippen LogP contribution in [0.3, 0.4) is 0 Å². The average Bonchev–Trinajstić information content (AvgIpc) is 3.37. The lowest BCUT2D eigenvalue weighted by Gasteiger charge is -2.22. The van der Waals surface area contributed by atoms with Gasteiger partial charge >= 0.3 is 0 Å². The Bertz CT molecular complexity index is 1000. The van der Waals surface area contributed by atoms with Gasteiger partial charge in [0.15, 0.2) is 11.8 Å². The molecule has 2 heterocycles. The molecule has 0 aliphatic heterocycles. The summed E-state index contributed by atoms with van der Waals surface area (Å²) in [4.78, 5) is 11.4. The van der Waals surface area contributed by atoms with Crippen molar-refractivity contribution in [2.75, 3.05) is 20.7 Å². The summed E-state index contributed by atoms with van der Waals surface area (Å²) in [7, 11) is 5.63. The number of hydrogen-bond acceptors (Lipinski definition) is 5. The number of aromatic amines is 1. The Hall–Kier alpha value is -3.36. The van der Waals surface area contributed by atoms with E-state index in [0.29, 0.717) is 24.1 Å². The molecule has 3 rings (SSSR count). The number of H-pyrrole nitrogens is 1. The van der Waals surface area contributed by atoms with Crippen molar-refractivity contribution in [3.8, 4) is 17.1 Å². The number of aromatic nitrogens is 5. The molecule has 31 heavy (non-hydrogen) atoms. The molecule has 2 N–H and O–H groups in total. The van der Waals surface area contributed by atoms with Crippen molar-refractivity contribution < 1.29 is 4.74 Å². The summed E-state index contributed by atoms with van der Waals surface area (Å²) in [5.41, 5.74) is 3.24. The Morgan fingerprint density at radius 3 is 2.68 bits per heavy atom. The van der Waals surface area contributed by atoms with Crippen LogP contribution in [-0.4, -0.2) is 56.5 Å². The van der Waals surface area contributed by atoms with Crippen LogP contribution in [-0.2, 0) is 20.1 Å². The Balaban J connectivity index is 1.71. The Morgan fingerprint density at radius 1 is 1.29 bits per heavy atom. The average molecular weight is 425 g/mol. The third-order valence-electron chi connectivity index (χ3n) is 4.85. The van der Waals surface area contributed by atoms with Crippen molar-refractivity contribution in [3.63, 3.8) is 0 Å². The second-order valence-electron chi connectivity index (χ2n) is 7.73. The number of benzene rings is 1. The van der Waals surface area contributed by atoms with Crippen LogP contribution >= 0.6 is 0 Å². The van der Waals surface area contributed by atoms with Gasteiger partial charge in [0.05, 0.1) is 12.8 Å². The zero-order valence-electron chi connectivity index (χ0n) is 19.2. The second-order valence-corrected chi connectivity index (χ2v) is 7.73. The van der Waals surface area contributed by atoms with Crippen molar-refractivity contribution in [2.24, 2.45) is 12.0 Å². The SMILES string of the molecule is CCNC(=NCc1nc(-c2ccc(OC)cc2)n[nH]1)N(C)Cc1cn(C)nc1C(C)C. The van der Waals surface area contributed by atoms with Crippen molar-refractivity contribution in [1.82, 2.24) is 35.2 Å². The highest BCUT2D eigenvalue weighted by atomic mass is 16.5. The van der Waals surface area contributed by atoms with Gasteiger partial charge < -0.3 is 15.0 Å². The molecule has 166 valence electrons. The first-order valence-corrected chi connectivity index (χ1v) is 10.5. The molecule has 0 saturated carbocycles. The van der Waals surface area contributed by atoms with E-state index in [4.69, 9.17) is 9.73 Å².